The molecule has 194 valence electrons. The maximum absolute atomic E-state index is 13.3. The highest BCUT2D eigenvalue weighted by atomic mass is 32.2. The minimum absolute atomic E-state index is 0.0110. The van der Waals surface area contributed by atoms with E-state index in [9.17, 15) is 8.42 Å². The van der Waals surface area contributed by atoms with Crippen LogP contribution in [0.3, 0.4) is 0 Å². The SMILES string of the molecule is CCS(=O)(=O)N1c2ccc(OCc3ccc(C(=N)N)cc3)cc2CC1c1ccc2ccc(C(=N)N)cc2c1. The Balaban J connectivity index is 1.45. The minimum Gasteiger partial charge on any atom is -0.489 e. The lowest BCUT2D eigenvalue weighted by atomic mass is 9.98. The Morgan fingerprint density at radius 3 is 2.26 bits per heavy atom. The van der Waals surface area contributed by atoms with Crippen LogP contribution >= 0.6 is 0 Å². The maximum Gasteiger partial charge on any atom is 0.235 e. The van der Waals surface area contributed by atoms with Gasteiger partial charge in [-0.25, -0.2) is 8.42 Å². The summed E-state index contributed by atoms with van der Waals surface area (Å²) in [5.41, 5.74) is 15.9. The molecule has 0 bridgehead atoms. The molecule has 1 unspecified atom stereocenters. The molecule has 4 aromatic carbocycles. The second-order valence-corrected chi connectivity index (χ2v) is 11.5. The van der Waals surface area contributed by atoms with E-state index in [0.717, 1.165) is 27.5 Å². The van der Waals surface area contributed by atoms with Gasteiger partial charge >= 0.3 is 0 Å². The molecule has 1 aliphatic rings. The molecular formula is C29H29N5O3S. The first kappa shape index (κ1) is 25.3. The zero-order chi connectivity index (χ0) is 27.0. The first-order valence-corrected chi connectivity index (χ1v) is 13.9. The highest BCUT2D eigenvalue weighted by Crippen LogP contribution is 2.44. The molecule has 38 heavy (non-hydrogen) atoms. The lowest BCUT2D eigenvalue weighted by Crippen LogP contribution is -2.33. The van der Waals surface area contributed by atoms with Crippen LogP contribution in [-0.4, -0.2) is 25.8 Å². The fraction of sp³-hybridized carbons (Fsp3) is 0.172. The summed E-state index contributed by atoms with van der Waals surface area (Å²) in [6.07, 6.45) is 0.511. The molecule has 0 amide bonds. The summed E-state index contributed by atoms with van der Waals surface area (Å²) < 4.78 is 34.0. The van der Waals surface area contributed by atoms with Crippen LogP contribution in [-0.2, 0) is 23.1 Å². The number of hydrogen-bond acceptors (Lipinski definition) is 5. The number of hydrogen-bond donors (Lipinski definition) is 4. The van der Waals surface area contributed by atoms with Crippen LogP contribution in [0.2, 0.25) is 0 Å². The second-order valence-electron chi connectivity index (χ2n) is 9.34. The van der Waals surface area contributed by atoms with Crippen molar-refractivity contribution in [2.24, 2.45) is 11.5 Å². The number of benzene rings is 4. The number of nitrogens with two attached hydrogens (primary N) is 2. The van der Waals surface area contributed by atoms with E-state index in [-0.39, 0.29) is 17.4 Å². The van der Waals surface area contributed by atoms with Gasteiger partial charge in [-0.2, -0.15) is 0 Å². The number of nitrogen functional groups attached to an aromatic ring is 2. The first-order chi connectivity index (χ1) is 18.2. The van der Waals surface area contributed by atoms with Crippen LogP contribution in [0.1, 0.15) is 40.8 Å². The summed E-state index contributed by atoms with van der Waals surface area (Å²) in [7, 11) is -3.55. The first-order valence-electron chi connectivity index (χ1n) is 12.3. The lowest BCUT2D eigenvalue weighted by Gasteiger charge is -2.27. The van der Waals surface area contributed by atoms with E-state index in [4.69, 9.17) is 27.0 Å². The van der Waals surface area contributed by atoms with E-state index in [1.165, 1.54) is 4.31 Å². The van der Waals surface area contributed by atoms with E-state index in [1.807, 2.05) is 60.7 Å². The Kier molecular flexibility index (Phi) is 6.54. The van der Waals surface area contributed by atoms with Crippen molar-refractivity contribution in [1.82, 2.24) is 0 Å². The number of fused-ring (bicyclic) bond motifs is 2. The van der Waals surface area contributed by atoms with Crippen LogP contribution in [0.25, 0.3) is 10.8 Å². The Morgan fingerprint density at radius 1 is 0.895 bits per heavy atom. The van der Waals surface area contributed by atoms with Gasteiger partial charge in [-0.05, 0) is 64.7 Å². The molecular weight excluding hydrogens is 498 g/mol. The van der Waals surface area contributed by atoms with Crippen molar-refractivity contribution < 1.29 is 13.2 Å². The summed E-state index contributed by atoms with van der Waals surface area (Å²) >= 11 is 0. The number of anilines is 1. The van der Waals surface area contributed by atoms with E-state index in [2.05, 4.69) is 0 Å². The minimum atomic E-state index is -3.55. The lowest BCUT2D eigenvalue weighted by molar-refractivity contribution is 0.306. The predicted octanol–water partition coefficient (Wildman–Crippen LogP) is 4.44. The Labute approximate surface area is 221 Å². The molecule has 4 aromatic rings. The van der Waals surface area contributed by atoms with Gasteiger partial charge in [0, 0.05) is 17.5 Å². The van der Waals surface area contributed by atoms with Crippen molar-refractivity contribution in [3.63, 3.8) is 0 Å². The molecule has 0 fully saturated rings. The van der Waals surface area contributed by atoms with Crippen LogP contribution in [0.15, 0.2) is 78.9 Å². The van der Waals surface area contributed by atoms with Gasteiger partial charge in [0.2, 0.25) is 10.0 Å². The summed E-state index contributed by atoms with van der Waals surface area (Å²) in [5.74, 6) is 0.643. The van der Waals surface area contributed by atoms with E-state index in [0.29, 0.717) is 35.6 Å². The number of nitrogens with one attached hydrogen (secondary N) is 2. The summed E-state index contributed by atoms with van der Waals surface area (Å²) in [6.45, 7) is 1.99. The third-order valence-corrected chi connectivity index (χ3v) is 8.66. The molecule has 0 saturated heterocycles. The number of ether oxygens (including phenoxy) is 1. The molecule has 1 heterocycles. The normalized spacial score (nSPS) is 14.9. The Morgan fingerprint density at radius 2 is 1.58 bits per heavy atom. The zero-order valence-electron chi connectivity index (χ0n) is 20.9. The van der Waals surface area contributed by atoms with Gasteiger partial charge in [-0.15, -0.1) is 0 Å². The molecule has 8 nitrogen and oxygen atoms in total. The Bertz CT molecular complexity index is 1670. The van der Waals surface area contributed by atoms with Crippen LogP contribution < -0.4 is 20.5 Å². The van der Waals surface area contributed by atoms with Gasteiger partial charge < -0.3 is 16.2 Å². The largest absolute Gasteiger partial charge is 0.489 e. The van der Waals surface area contributed by atoms with Crippen molar-refractivity contribution >= 4 is 38.2 Å². The van der Waals surface area contributed by atoms with Crippen LogP contribution in [0.5, 0.6) is 5.75 Å². The van der Waals surface area contributed by atoms with Crippen molar-refractivity contribution in [2.75, 3.05) is 10.1 Å². The van der Waals surface area contributed by atoms with Crippen molar-refractivity contribution in [3.05, 3.63) is 107 Å². The van der Waals surface area contributed by atoms with E-state index < -0.39 is 16.1 Å². The van der Waals surface area contributed by atoms with Gasteiger partial charge in [0.1, 0.15) is 24.0 Å². The number of sulfonamides is 1. The van der Waals surface area contributed by atoms with Crippen molar-refractivity contribution in [2.45, 2.75) is 26.0 Å². The van der Waals surface area contributed by atoms with E-state index >= 15 is 0 Å². The quantitative estimate of drug-likeness (QED) is 0.198. The number of nitrogens with zero attached hydrogens (tertiary/aromatic N) is 1. The zero-order valence-corrected chi connectivity index (χ0v) is 21.8. The summed E-state index contributed by atoms with van der Waals surface area (Å²) in [4.78, 5) is 0. The average Bonchev–Trinajstić information content (AvgIpc) is 3.31. The summed E-state index contributed by atoms with van der Waals surface area (Å²) in [5, 5.41) is 17.2. The average molecular weight is 528 g/mol. The molecule has 5 rings (SSSR count). The van der Waals surface area contributed by atoms with Crippen LogP contribution in [0, 0.1) is 10.8 Å². The van der Waals surface area contributed by atoms with Crippen molar-refractivity contribution in [3.8, 4) is 5.75 Å². The molecule has 0 aliphatic carbocycles. The third kappa shape index (κ3) is 4.80. The van der Waals surface area contributed by atoms with Gasteiger partial charge in [0.05, 0.1) is 17.5 Å². The topological polar surface area (TPSA) is 146 Å². The molecule has 0 radical (unpaired) electrons. The standard InChI is InChI=1S/C29H29N5O3S/c1-2-38(35,36)34-26-12-11-25(37-17-18-3-5-20(6-4-18)28(30)31)15-24(26)16-27(34)21-9-7-19-8-10-22(29(32)33)14-23(19)13-21/h3-15,27H,2,16-17H2,1H3,(H3,30,31)(H3,32,33). The maximum atomic E-state index is 13.3. The van der Waals surface area contributed by atoms with Gasteiger partial charge in [-0.1, -0.05) is 48.5 Å². The summed E-state index contributed by atoms with van der Waals surface area (Å²) in [6, 6.07) is 23.9. The second kappa shape index (κ2) is 9.83. The molecule has 0 spiro atoms. The van der Waals surface area contributed by atoms with Crippen LogP contribution in [0.4, 0.5) is 5.69 Å². The highest BCUT2D eigenvalue weighted by molar-refractivity contribution is 7.92. The molecule has 0 saturated carbocycles. The molecule has 1 atom stereocenters. The molecule has 9 heteroatoms. The van der Waals surface area contributed by atoms with E-state index in [1.54, 1.807) is 25.1 Å². The molecule has 0 aromatic heterocycles. The third-order valence-electron chi connectivity index (χ3n) is 6.88. The smallest absolute Gasteiger partial charge is 0.235 e. The van der Waals surface area contributed by atoms with Crippen molar-refractivity contribution in [1.29, 1.82) is 10.8 Å². The molecule has 1 aliphatic heterocycles. The highest BCUT2D eigenvalue weighted by Gasteiger charge is 2.38. The predicted molar refractivity (Wildman–Crippen MR) is 152 cm³/mol. The molecule has 6 N–H and O–H groups in total. The van der Waals surface area contributed by atoms with Gasteiger partial charge in [0.15, 0.2) is 0 Å². The fourth-order valence-electron chi connectivity index (χ4n) is 4.81. The number of rotatable bonds is 8. The van der Waals surface area contributed by atoms with Gasteiger partial charge in [0.25, 0.3) is 0 Å². The Hall–Kier alpha value is -4.37. The fourth-order valence-corrected chi connectivity index (χ4v) is 6.15. The monoisotopic (exact) mass is 527 g/mol. The van der Waals surface area contributed by atoms with Gasteiger partial charge in [-0.3, -0.25) is 15.1 Å². The number of amidine groups is 2.